The number of nitrogens with one attached hydrogen (secondary N) is 1. The van der Waals surface area contributed by atoms with E-state index in [2.05, 4.69) is 10.3 Å². The molecule has 8 nitrogen and oxygen atoms in total. The van der Waals surface area contributed by atoms with Gasteiger partial charge in [-0.2, -0.15) is 4.73 Å². The van der Waals surface area contributed by atoms with Crippen molar-refractivity contribution in [1.82, 2.24) is 9.71 Å². The number of nitrogens with zero attached hydrogens (tertiary/aromatic N) is 3. The van der Waals surface area contributed by atoms with Crippen molar-refractivity contribution >= 4 is 34.4 Å². The first-order chi connectivity index (χ1) is 15.5. The Kier molecular flexibility index (Phi) is 5.76. The third-order valence-corrected chi connectivity index (χ3v) is 4.68. The summed E-state index contributed by atoms with van der Waals surface area (Å²) in [6, 6.07) is 20.6. The van der Waals surface area contributed by atoms with E-state index < -0.39 is 4.92 Å². The fourth-order valence-corrected chi connectivity index (χ4v) is 3.11. The first-order valence-electron chi connectivity index (χ1n) is 9.68. The van der Waals surface area contributed by atoms with Crippen molar-refractivity contribution in [2.45, 2.75) is 0 Å². The Hall–Kier alpha value is -4.72. The van der Waals surface area contributed by atoms with Crippen LogP contribution in [-0.2, 0) is 4.79 Å². The predicted molar refractivity (Wildman–Crippen MR) is 122 cm³/mol. The van der Waals surface area contributed by atoms with Gasteiger partial charge in [-0.15, -0.1) is 0 Å². The van der Waals surface area contributed by atoms with Crippen LogP contribution in [0.5, 0.6) is 0 Å². The van der Waals surface area contributed by atoms with Crippen molar-refractivity contribution < 1.29 is 14.9 Å². The highest BCUT2D eigenvalue weighted by atomic mass is 16.6. The minimum Gasteiger partial charge on any atom is -0.426 e. The molecule has 32 heavy (non-hydrogen) atoms. The highest BCUT2D eigenvalue weighted by molar-refractivity contribution is 5.99. The molecule has 0 spiro atoms. The summed E-state index contributed by atoms with van der Waals surface area (Å²) in [5.41, 5.74) is 2.73. The Morgan fingerprint density at radius 3 is 2.50 bits per heavy atom. The van der Waals surface area contributed by atoms with Crippen LogP contribution in [0, 0.1) is 10.1 Å². The lowest BCUT2D eigenvalue weighted by Crippen LogP contribution is -2.07. The van der Waals surface area contributed by atoms with E-state index in [4.69, 9.17) is 0 Å². The van der Waals surface area contributed by atoms with E-state index in [9.17, 15) is 20.1 Å². The molecule has 1 amide bonds. The molecule has 0 fully saturated rings. The van der Waals surface area contributed by atoms with Gasteiger partial charge in [-0.3, -0.25) is 14.9 Å². The van der Waals surface area contributed by atoms with Gasteiger partial charge in [-0.05, 0) is 35.9 Å². The van der Waals surface area contributed by atoms with Crippen LogP contribution in [0.3, 0.4) is 0 Å². The topological polar surface area (TPSA) is 110 Å². The second-order valence-corrected chi connectivity index (χ2v) is 6.87. The van der Waals surface area contributed by atoms with Crippen molar-refractivity contribution in [3.63, 3.8) is 0 Å². The first kappa shape index (κ1) is 20.5. The van der Waals surface area contributed by atoms with Crippen molar-refractivity contribution in [3.05, 3.63) is 107 Å². The molecular weight excluding hydrogens is 408 g/mol. The quantitative estimate of drug-likeness (QED) is 0.147. The Morgan fingerprint density at radius 1 is 1.03 bits per heavy atom. The van der Waals surface area contributed by atoms with Crippen molar-refractivity contribution in [3.8, 4) is 11.4 Å². The molecule has 0 saturated heterocycles. The van der Waals surface area contributed by atoms with Crippen molar-refractivity contribution in [2.24, 2.45) is 0 Å². The third-order valence-electron chi connectivity index (χ3n) is 4.68. The SMILES string of the molecule is O=C(C=CC=Cc1ccccc1)Nc1ccc(-c2nc3ccc([N+](=O)[O-])cc3n2O)cc1. The molecule has 8 heteroatoms. The van der Waals surface area contributed by atoms with Crippen molar-refractivity contribution in [1.29, 1.82) is 0 Å². The number of fused-ring (bicyclic) bond motifs is 1. The number of amides is 1. The number of hydrogen-bond acceptors (Lipinski definition) is 5. The maximum atomic E-state index is 12.1. The third kappa shape index (κ3) is 4.54. The molecule has 0 aliphatic rings. The molecule has 0 atom stereocenters. The molecule has 0 unspecified atom stereocenters. The fraction of sp³-hybridized carbons (Fsp3) is 0. The Bertz CT molecular complexity index is 1340. The van der Waals surface area contributed by atoms with E-state index in [0.29, 0.717) is 16.8 Å². The van der Waals surface area contributed by atoms with E-state index in [1.54, 1.807) is 36.4 Å². The van der Waals surface area contributed by atoms with Crippen LogP contribution in [-0.4, -0.2) is 25.8 Å². The van der Waals surface area contributed by atoms with Crippen LogP contribution >= 0.6 is 0 Å². The van der Waals surface area contributed by atoms with Crippen molar-refractivity contribution in [2.75, 3.05) is 5.32 Å². The van der Waals surface area contributed by atoms with Crippen LogP contribution in [0.25, 0.3) is 28.5 Å². The number of allylic oxidation sites excluding steroid dienone is 2. The summed E-state index contributed by atoms with van der Waals surface area (Å²) in [4.78, 5) is 26.9. The minimum absolute atomic E-state index is 0.135. The Balaban J connectivity index is 1.44. The normalized spacial score (nSPS) is 11.4. The molecule has 3 aromatic carbocycles. The summed E-state index contributed by atoms with van der Waals surface area (Å²) in [7, 11) is 0. The van der Waals surface area contributed by atoms with Crippen LogP contribution in [0.2, 0.25) is 0 Å². The Morgan fingerprint density at radius 2 is 1.78 bits per heavy atom. The van der Waals surface area contributed by atoms with Gasteiger partial charge < -0.3 is 10.5 Å². The second-order valence-electron chi connectivity index (χ2n) is 6.87. The average Bonchev–Trinajstić information content (AvgIpc) is 3.14. The minimum atomic E-state index is -0.532. The number of hydrogen-bond donors (Lipinski definition) is 2. The molecule has 2 N–H and O–H groups in total. The van der Waals surface area contributed by atoms with Gasteiger partial charge in [0.05, 0.1) is 10.4 Å². The second kappa shape index (κ2) is 8.97. The number of benzene rings is 3. The molecule has 0 aliphatic carbocycles. The summed E-state index contributed by atoms with van der Waals surface area (Å²) < 4.78 is 0.817. The van der Waals surface area contributed by atoms with Gasteiger partial charge in [0.1, 0.15) is 5.52 Å². The lowest BCUT2D eigenvalue weighted by molar-refractivity contribution is -0.384. The number of anilines is 1. The van der Waals surface area contributed by atoms with Gasteiger partial charge in [0, 0.05) is 29.5 Å². The molecule has 0 bridgehead atoms. The standard InChI is InChI=1S/C24H18N4O4/c29-23(9-5-4-8-17-6-2-1-3-7-17)25-19-12-10-18(11-13-19)24-26-21-15-14-20(28(31)32)16-22(21)27(24)30/h1-16,30H,(H,25,29). The molecule has 1 aromatic heterocycles. The summed E-state index contributed by atoms with van der Waals surface area (Å²) in [6.45, 7) is 0. The number of non-ortho nitro benzene ring substituents is 1. The fourth-order valence-electron chi connectivity index (χ4n) is 3.11. The first-order valence-corrected chi connectivity index (χ1v) is 9.68. The number of rotatable bonds is 6. The number of nitro groups is 1. The highest BCUT2D eigenvalue weighted by Crippen LogP contribution is 2.27. The maximum absolute atomic E-state index is 12.1. The number of imidazole rings is 1. The van der Waals surface area contributed by atoms with Gasteiger partial charge in [-0.25, -0.2) is 4.98 Å². The lowest BCUT2D eigenvalue weighted by atomic mass is 10.2. The zero-order valence-corrected chi connectivity index (χ0v) is 16.8. The van der Waals surface area contributed by atoms with Crippen LogP contribution in [0.4, 0.5) is 11.4 Å². The van der Waals surface area contributed by atoms with Gasteiger partial charge in [0.25, 0.3) is 5.69 Å². The zero-order chi connectivity index (χ0) is 22.5. The summed E-state index contributed by atoms with van der Waals surface area (Å²) in [6.07, 6.45) is 6.76. The number of aromatic nitrogens is 2. The molecule has 4 aromatic rings. The molecule has 0 aliphatic heterocycles. The van der Waals surface area contributed by atoms with Gasteiger partial charge in [0.2, 0.25) is 5.91 Å². The summed E-state index contributed by atoms with van der Waals surface area (Å²) in [5, 5.41) is 24.1. The van der Waals surface area contributed by atoms with E-state index >= 15 is 0 Å². The molecular formula is C24H18N4O4. The molecule has 0 saturated carbocycles. The van der Waals surface area contributed by atoms with Crippen LogP contribution in [0.15, 0.2) is 91.0 Å². The largest absolute Gasteiger partial charge is 0.426 e. The van der Waals surface area contributed by atoms with E-state index in [0.717, 1.165) is 10.3 Å². The molecule has 0 radical (unpaired) electrons. The predicted octanol–water partition coefficient (Wildman–Crippen LogP) is 5.06. The van der Waals surface area contributed by atoms with E-state index in [-0.39, 0.29) is 22.9 Å². The van der Waals surface area contributed by atoms with Crippen LogP contribution < -0.4 is 5.32 Å². The smallest absolute Gasteiger partial charge is 0.271 e. The monoisotopic (exact) mass is 426 g/mol. The summed E-state index contributed by atoms with van der Waals surface area (Å²) in [5.74, 6) is -0.0403. The number of carbonyl (C=O) groups is 1. The van der Waals surface area contributed by atoms with Gasteiger partial charge in [-0.1, -0.05) is 48.6 Å². The lowest BCUT2D eigenvalue weighted by Gasteiger charge is -2.04. The average molecular weight is 426 g/mol. The number of carbonyl (C=O) groups excluding carboxylic acids is 1. The maximum Gasteiger partial charge on any atom is 0.271 e. The zero-order valence-electron chi connectivity index (χ0n) is 16.8. The van der Waals surface area contributed by atoms with Gasteiger partial charge in [0.15, 0.2) is 5.82 Å². The van der Waals surface area contributed by atoms with E-state index in [1.165, 1.54) is 24.3 Å². The number of nitro benzene ring substituents is 1. The summed E-state index contributed by atoms with van der Waals surface area (Å²) >= 11 is 0. The Labute approximate surface area is 182 Å². The highest BCUT2D eigenvalue weighted by Gasteiger charge is 2.15. The molecule has 1 heterocycles. The van der Waals surface area contributed by atoms with Gasteiger partial charge >= 0.3 is 0 Å². The van der Waals surface area contributed by atoms with Crippen LogP contribution in [0.1, 0.15) is 5.56 Å². The van der Waals surface area contributed by atoms with E-state index in [1.807, 2.05) is 36.4 Å². The molecule has 4 rings (SSSR count). The molecule has 158 valence electrons.